The molecule has 1 aromatic heterocycles. The van der Waals surface area contributed by atoms with Crippen molar-refractivity contribution < 1.29 is 13.2 Å². The van der Waals surface area contributed by atoms with Crippen molar-refractivity contribution in [1.82, 2.24) is 8.87 Å². The fourth-order valence-corrected chi connectivity index (χ4v) is 2.73. The smallest absolute Gasteiger partial charge is 0.302 e. The van der Waals surface area contributed by atoms with Crippen LogP contribution in [0.4, 0.5) is 0 Å². The molecule has 0 saturated carbocycles. The van der Waals surface area contributed by atoms with Gasteiger partial charge in [-0.3, -0.25) is 4.79 Å². The zero-order valence-electron chi connectivity index (χ0n) is 8.83. The van der Waals surface area contributed by atoms with Gasteiger partial charge in [0.05, 0.1) is 0 Å². The van der Waals surface area contributed by atoms with E-state index in [9.17, 15) is 13.2 Å². The highest BCUT2D eigenvalue weighted by atomic mass is 32.2. The van der Waals surface area contributed by atoms with Crippen molar-refractivity contribution in [3.8, 4) is 0 Å². The van der Waals surface area contributed by atoms with E-state index in [0.29, 0.717) is 18.8 Å². The minimum absolute atomic E-state index is 0.216. The Morgan fingerprint density at radius 2 is 2.12 bits per heavy atom. The lowest BCUT2D eigenvalue weighted by Crippen LogP contribution is -2.43. The number of aromatic nitrogens is 1. The molecule has 1 fully saturated rings. The second-order valence-electron chi connectivity index (χ2n) is 3.95. The third kappa shape index (κ3) is 1.72. The molecule has 0 atom stereocenters. The summed E-state index contributed by atoms with van der Waals surface area (Å²) < 4.78 is 23.4. The highest BCUT2D eigenvalue weighted by molar-refractivity contribution is 7.87. The number of carbonyl (C=O) groups excluding carboxylic acids is 1. The van der Waals surface area contributed by atoms with Gasteiger partial charge in [-0.1, -0.05) is 0 Å². The van der Waals surface area contributed by atoms with Crippen LogP contribution in [0.5, 0.6) is 0 Å². The van der Waals surface area contributed by atoms with Crippen LogP contribution in [0.3, 0.4) is 0 Å². The fraction of sp³-hybridized carbons (Fsp3) is 0.444. The number of nitrogens with zero attached hydrogens (tertiary/aromatic N) is 2. The molecule has 0 unspecified atom stereocenters. The van der Waals surface area contributed by atoms with Gasteiger partial charge in [0.25, 0.3) is 0 Å². The maximum absolute atomic E-state index is 11.2. The molecule has 0 bridgehead atoms. The van der Waals surface area contributed by atoms with E-state index < -0.39 is 10.2 Å². The van der Waals surface area contributed by atoms with Crippen LogP contribution in [-0.4, -0.2) is 36.8 Å². The number of amides is 1. The molecule has 0 aromatic carbocycles. The van der Waals surface area contributed by atoms with Crippen LogP contribution in [0.25, 0.3) is 0 Å². The lowest BCUT2D eigenvalue weighted by Gasteiger charge is -2.36. The van der Waals surface area contributed by atoms with Crippen molar-refractivity contribution in [2.75, 3.05) is 13.1 Å². The molecule has 0 aliphatic carbocycles. The molecule has 2 heterocycles. The topological polar surface area (TPSA) is 85.4 Å². The molecule has 1 aliphatic heterocycles. The summed E-state index contributed by atoms with van der Waals surface area (Å²) in [7, 11) is -3.72. The van der Waals surface area contributed by atoms with Gasteiger partial charge in [-0.05, 0) is 18.6 Å². The lowest BCUT2D eigenvalue weighted by atomic mass is 9.92. The minimum atomic E-state index is -3.72. The molecular formula is C9H13N3O3S. The Morgan fingerprint density at radius 1 is 1.50 bits per heavy atom. The van der Waals surface area contributed by atoms with Gasteiger partial charge in [-0.25, -0.2) is 9.11 Å². The first-order valence-electron chi connectivity index (χ1n) is 4.84. The summed E-state index contributed by atoms with van der Waals surface area (Å²) in [6.07, 6.45) is 2.24. The second-order valence-corrected chi connectivity index (χ2v) is 5.38. The van der Waals surface area contributed by atoms with E-state index in [-0.39, 0.29) is 5.92 Å². The number of hydrogen-bond acceptors (Lipinski definition) is 3. The van der Waals surface area contributed by atoms with E-state index in [1.807, 2.05) is 0 Å². The lowest BCUT2D eigenvalue weighted by molar-refractivity contribution is -0.122. The van der Waals surface area contributed by atoms with Gasteiger partial charge >= 0.3 is 10.2 Å². The van der Waals surface area contributed by atoms with E-state index in [2.05, 4.69) is 0 Å². The van der Waals surface area contributed by atoms with Crippen LogP contribution in [0.15, 0.2) is 12.3 Å². The van der Waals surface area contributed by atoms with E-state index in [4.69, 9.17) is 5.14 Å². The number of nitrogens with two attached hydrogens (primary N) is 1. The average Bonchev–Trinajstić information content (AvgIpc) is 2.45. The van der Waals surface area contributed by atoms with Gasteiger partial charge in [-0.15, -0.1) is 0 Å². The monoisotopic (exact) mass is 243 g/mol. The summed E-state index contributed by atoms with van der Waals surface area (Å²) in [5.74, 6) is 0.216. The number of rotatable bonds is 3. The molecule has 1 amide bonds. The highest BCUT2D eigenvalue weighted by Crippen LogP contribution is 2.29. The standard InChI is InChI=1S/C9H13N3O3S/c1-7-9(8-4-11(5-8)6-13)2-3-12(7)16(10,14)15/h2-3,6,8H,4-5H2,1H3,(H2,10,14,15). The molecule has 16 heavy (non-hydrogen) atoms. The van der Waals surface area contributed by atoms with Crippen LogP contribution in [0.2, 0.25) is 0 Å². The summed E-state index contributed by atoms with van der Waals surface area (Å²) in [4.78, 5) is 12.1. The first kappa shape index (κ1) is 11.2. The zero-order valence-corrected chi connectivity index (χ0v) is 9.64. The quantitative estimate of drug-likeness (QED) is 0.719. The van der Waals surface area contributed by atoms with Crippen molar-refractivity contribution in [2.45, 2.75) is 12.8 Å². The van der Waals surface area contributed by atoms with Gasteiger partial charge in [-0.2, -0.15) is 8.42 Å². The minimum Gasteiger partial charge on any atom is -0.344 e. The fourth-order valence-electron chi connectivity index (χ4n) is 2.01. The van der Waals surface area contributed by atoms with E-state index >= 15 is 0 Å². The van der Waals surface area contributed by atoms with Crippen LogP contribution in [0.1, 0.15) is 17.2 Å². The summed E-state index contributed by atoms with van der Waals surface area (Å²) in [6, 6.07) is 1.74. The van der Waals surface area contributed by atoms with Crippen molar-refractivity contribution in [3.05, 3.63) is 23.5 Å². The summed E-state index contributed by atoms with van der Waals surface area (Å²) >= 11 is 0. The van der Waals surface area contributed by atoms with Gasteiger partial charge in [0.2, 0.25) is 6.41 Å². The largest absolute Gasteiger partial charge is 0.344 e. The van der Waals surface area contributed by atoms with Gasteiger partial charge in [0, 0.05) is 30.9 Å². The third-order valence-corrected chi connectivity index (χ3v) is 3.85. The SMILES string of the molecule is Cc1c(C2CN(C=O)C2)ccn1S(N)(=O)=O. The van der Waals surface area contributed by atoms with Crippen molar-refractivity contribution in [2.24, 2.45) is 5.14 Å². The molecule has 6 nitrogen and oxygen atoms in total. The summed E-state index contributed by atoms with van der Waals surface area (Å²) in [5.41, 5.74) is 1.56. The Balaban J connectivity index is 2.26. The van der Waals surface area contributed by atoms with Crippen LogP contribution < -0.4 is 5.14 Å². The Morgan fingerprint density at radius 3 is 2.56 bits per heavy atom. The van der Waals surface area contributed by atoms with Gasteiger partial charge in [0.15, 0.2) is 0 Å². The predicted molar refractivity (Wildman–Crippen MR) is 58.1 cm³/mol. The molecular weight excluding hydrogens is 230 g/mol. The van der Waals surface area contributed by atoms with Gasteiger partial charge in [0.1, 0.15) is 0 Å². The maximum atomic E-state index is 11.2. The molecule has 0 radical (unpaired) electrons. The van der Waals surface area contributed by atoms with Crippen LogP contribution >= 0.6 is 0 Å². The Labute approximate surface area is 93.8 Å². The number of likely N-dealkylation sites (tertiary alicyclic amines) is 1. The van der Waals surface area contributed by atoms with Crippen molar-refractivity contribution in [3.63, 3.8) is 0 Å². The van der Waals surface area contributed by atoms with E-state index in [1.54, 1.807) is 17.9 Å². The molecule has 0 spiro atoms. The van der Waals surface area contributed by atoms with E-state index in [1.165, 1.54) is 6.20 Å². The summed E-state index contributed by atoms with van der Waals surface area (Å²) in [6.45, 7) is 2.99. The third-order valence-electron chi connectivity index (χ3n) is 2.91. The van der Waals surface area contributed by atoms with Gasteiger partial charge < -0.3 is 4.90 Å². The Kier molecular flexibility index (Phi) is 2.51. The number of carbonyl (C=O) groups is 1. The average molecular weight is 243 g/mol. The molecule has 7 heteroatoms. The van der Waals surface area contributed by atoms with Crippen LogP contribution in [-0.2, 0) is 15.0 Å². The summed E-state index contributed by atoms with van der Waals surface area (Å²) in [5, 5.41) is 5.05. The molecule has 1 aliphatic rings. The second kappa shape index (κ2) is 3.60. The molecule has 2 N–H and O–H groups in total. The van der Waals surface area contributed by atoms with E-state index in [0.717, 1.165) is 15.9 Å². The highest BCUT2D eigenvalue weighted by Gasteiger charge is 2.29. The predicted octanol–water partition coefficient (Wildman–Crippen LogP) is -0.596. The molecule has 1 aromatic rings. The molecule has 1 saturated heterocycles. The zero-order chi connectivity index (χ0) is 11.9. The first-order chi connectivity index (χ1) is 7.43. The van der Waals surface area contributed by atoms with Crippen LogP contribution in [0, 0.1) is 6.92 Å². The molecule has 2 rings (SSSR count). The molecule has 88 valence electrons. The first-order valence-corrected chi connectivity index (χ1v) is 6.34. The Bertz CT molecular complexity index is 514. The Hall–Kier alpha value is -1.34. The van der Waals surface area contributed by atoms with Crippen molar-refractivity contribution >= 4 is 16.6 Å². The van der Waals surface area contributed by atoms with Crippen molar-refractivity contribution in [1.29, 1.82) is 0 Å². The number of hydrogen-bond donors (Lipinski definition) is 1. The normalized spacial score (nSPS) is 17.2. The maximum Gasteiger partial charge on any atom is 0.302 e.